The van der Waals surface area contributed by atoms with Gasteiger partial charge in [-0.05, 0) is 6.92 Å². The van der Waals surface area contributed by atoms with Crippen LogP contribution in [0.15, 0.2) is 11.0 Å². The van der Waals surface area contributed by atoms with Crippen molar-refractivity contribution in [3.05, 3.63) is 15.9 Å². The molecule has 0 aromatic carbocycles. The molecular weight excluding hydrogens is 392 g/mol. The Hall–Kier alpha value is -2.57. The van der Waals surface area contributed by atoms with Crippen LogP contribution in [0.4, 0.5) is 5.95 Å². The first kappa shape index (κ1) is 21.7. The number of nitrogens with two attached hydrogens (primary N) is 1. The van der Waals surface area contributed by atoms with Crippen LogP contribution < -0.4 is 10.6 Å². The number of aromatic nitrogens is 3. The number of hydrogen-bond donors (Lipinski definition) is 1. The zero-order valence-electron chi connectivity index (χ0n) is 15.9. The van der Waals surface area contributed by atoms with Crippen molar-refractivity contribution in [2.45, 2.75) is 39.2 Å². The van der Waals surface area contributed by atoms with E-state index in [4.69, 9.17) is 24.7 Å². The van der Waals surface area contributed by atoms with Crippen molar-refractivity contribution in [2.24, 2.45) is 0 Å². The average Bonchev–Trinajstić information content (AvgIpc) is 2.91. The van der Waals surface area contributed by atoms with E-state index in [0.29, 0.717) is 4.70 Å². The van der Waals surface area contributed by atoms with Crippen molar-refractivity contribution >= 4 is 39.6 Å². The summed E-state index contributed by atoms with van der Waals surface area (Å²) in [6.07, 6.45) is -1.21. The third kappa shape index (κ3) is 5.47. The van der Waals surface area contributed by atoms with E-state index in [0.717, 1.165) is 11.3 Å². The van der Waals surface area contributed by atoms with Crippen molar-refractivity contribution in [1.82, 2.24) is 14.5 Å². The van der Waals surface area contributed by atoms with Gasteiger partial charge in [-0.3, -0.25) is 19.0 Å². The quantitative estimate of drug-likeness (QED) is 0.575. The van der Waals surface area contributed by atoms with Crippen LogP contribution in [-0.4, -0.2) is 59.0 Å². The van der Waals surface area contributed by atoms with Crippen molar-refractivity contribution in [3.8, 4) is 0 Å². The molecule has 0 aliphatic heterocycles. The fourth-order valence-corrected chi connectivity index (χ4v) is 3.31. The lowest BCUT2D eigenvalue weighted by Gasteiger charge is -2.28. The molecule has 3 atom stereocenters. The van der Waals surface area contributed by atoms with Gasteiger partial charge in [-0.25, -0.2) is 4.98 Å². The summed E-state index contributed by atoms with van der Waals surface area (Å²) in [5.41, 5.74) is 5.90. The molecule has 0 saturated heterocycles. The molecule has 11 nitrogen and oxygen atoms in total. The first-order valence-electron chi connectivity index (χ1n) is 8.31. The SMILES string of the molecule is COC[C@@H](COC(C)=O)O[C@H]([C@@H](C)OC(C)=O)n1c(=O)sc2cnc(N)nc21. The molecule has 2 aromatic rings. The minimum absolute atomic E-state index is 0.0220. The second kappa shape index (κ2) is 9.57. The number of anilines is 1. The number of esters is 2. The summed E-state index contributed by atoms with van der Waals surface area (Å²) in [4.78, 5) is 42.8. The molecule has 0 radical (unpaired) electrons. The summed E-state index contributed by atoms with van der Waals surface area (Å²) in [5.74, 6) is -1.06. The fraction of sp³-hybridized carbons (Fsp3) is 0.562. The smallest absolute Gasteiger partial charge is 0.311 e. The van der Waals surface area contributed by atoms with Crippen molar-refractivity contribution < 1.29 is 28.5 Å². The van der Waals surface area contributed by atoms with E-state index in [9.17, 15) is 14.4 Å². The lowest BCUT2D eigenvalue weighted by molar-refractivity contribution is -0.177. The number of hydrogen-bond acceptors (Lipinski definition) is 11. The molecule has 0 unspecified atom stereocenters. The van der Waals surface area contributed by atoms with Gasteiger partial charge >= 0.3 is 16.8 Å². The zero-order chi connectivity index (χ0) is 20.8. The van der Waals surface area contributed by atoms with Gasteiger partial charge in [-0.2, -0.15) is 4.98 Å². The van der Waals surface area contributed by atoms with Gasteiger partial charge in [0.1, 0.15) is 18.8 Å². The first-order chi connectivity index (χ1) is 13.2. The number of carbonyl (C=O) groups is 2. The molecule has 0 aliphatic rings. The molecule has 12 heteroatoms. The fourth-order valence-electron chi connectivity index (χ4n) is 2.50. The van der Waals surface area contributed by atoms with E-state index in [1.54, 1.807) is 6.92 Å². The molecule has 0 amide bonds. The van der Waals surface area contributed by atoms with Gasteiger partial charge in [-0.15, -0.1) is 0 Å². The van der Waals surface area contributed by atoms with Gasteiger partial charge in [0.05, 0.1) is 17.5 Å². The Kier molecular flexibility index (Phi) is 7.43. The number of thiazole rings is 1. The van der Waals surface area contributed by atoms with Crippen LogP contribution in [0.1, 0.15) is 27.0 Å². The van der Waals surface area contributed by atoms with Crippen LogP contribution in [-0.2, 0) is 28.5 Å². The lowest BCUT2D eigenvalue weighted by Crippen LogP contribution is -2.38. The molecule has 0 bridgehead atoms. The van der Waals surface area contributed by atoms with Crippen LogP contribution in [0, 0.1) is 0 Å². The topological polar surface area (TPSA) is 145 Å². The van der Waals surface area contributed by atoms with E-state index < -0.39 is 35.2 Å². The largest absolute Gasteiger partial charge is 0.463 e. The molecule has 2 rings (SSSR count). The Bertz CT molecular complexity index is 897. The molecule has 2 aromatic heterocycles. The molecule has 154 valence electrons. The van der Waals surface area contributed by atoms with Gasteiger partial charge in [0.25, 0.3) is 0 Å². The third-order valence-corrected chi connectivity index (χ3v) is 4.42. The highest BCUT2D eigenvalue weighted by Crippen LogP contribution is 2.25. The predicted octanol–water partition coefficient (Wildman–Crippen LogP) is 0.480. The average molecular weight is 414 g/mol. The molecule has 0 saturated carbocycles. The van der Waals surface area contributed by atoms with Crippen molar-refractivity contribution in [3.63, 3.8) is 0 Å². The molecule has 28 heavy (non-hydrogen) atoms. The Labute approximate surface area is 164 Å². The van der Waals surface area contributed by atoms with Crippen LogP contribution in [0.25, 0.3) is 10.3 Å². The second-order valence-corrected chi connectivity index (χ2v) is 6.87. The number of fused-ring (bicyclic) bond motifs is 1. The van der Waals surface area contributed by atoms with Gasteiger partial charge in [0.2, 0.25) is 5.95 Å². The highest BCUT2D eigenvalue weighted by molar-refractivity contribution is 7.16. The van der Waals surface area contributed by atoms with Gasteiger partial charge in [-0.1, -0.05) is 11.3 Å². The van der Waals surface area contributed by atoms with E-state index in [2.05, 4.69) is 9.97 Å². The Morgan fingerprint density at radius 2 is 2.00 bits per heavy atom. The summed E-state index contributed by atoms with van der Waals surface area (Å²) in [7, 11) is 1.45. The van der Waals surface area contributed by atoms with E-state index in [1.807, 2.05) is 0 Å². The number of nitrogen functional groups attached to an aromatic ring is 1. The minimum Gasteiger partial charge on any atom is -0.463 e. The number of ether oxygens (including phenoxy) is 4. The number of rotatable bonds is 9. The molecule has 0 aliphatic carbocycles. The third-order valence-electron chi connectivity index (χ3n) is 3.54. The van der Waals surface area contributed by atoms with Gasteiger partial charge < -0.3 is 24.7 Å². The highest BCUT2D eigenvalue weighted by atomic mass is 32.1. The second-order valence-electron chi connectivity index (χ2n) is 5.88. The zero-order valence-corrected chi connectivity index (χ0v) is 16.7. The summed E-state index contributed by atoms with van der Waals surface area (Å²) < 4.78 is 23.0. The summed E-state index contributed by atoms with van der Waals surface area (Å²) in [6.45, 7) is 4.04. The summed E-state index contributed by atoms with van der Waals surface area (Å²) >= 11 is 0.901. The van der Waals surface area contributed by atoms with Crippen molar-refractivity contribution in [2.75, 3.05) is 26.1 Å². The Balaban J connectivity index is 2.46. The predicted molar refractivity (Wildman–Crippen MR) is 99.7 cm³/mol. The minimum atomic E-state index is -1.06. The van der Waals surface area contributed by atoms with Crippen LogP contribution in [0.3, 0.4) is 0 Å². The maximum Gasteiger partial charge on any atom is 0.311 e. The van der Waals surface area contributed by atoms with E-state index in [1.165, 1.54) is 31.7 Å². The maximum atomic E-state index is 12.6. The first-order valence-corrected chi connectivity index (χ1v) is 9.13. The van der Waals surface area contributed by atoms with Gasteiger partial charge in [0.15, 0.2) is 11.9 Å². The molecule has 0 spiro atoms. The maximum absolute atomic E-state index is 12.6. The van der Waals surface area contributed by atoms with Crippen molar-refractivity contribution in [1.29, 1.82) is 0 Å². The number of nitrogens with zero attached hydrogens (tertiary/aromatic N) is 3. The molecule has 2 N–H and O–H groups in total. The Morgan fingerprint density at radius 3 is 2.61 bits per heavy atom. The molecule has 2 heterocycles. The number of carbonyl (C=O) groups excluding carboxylic acids is 2. The monoisotopic (exact) mass is 414 g/mol. The standard InChI is InChI=1S/C16H22N4O7S/c1-8(26-10(3)22)14(27-11(6-24-4)7-25-9(2)21)20-13-12(28-16(20)23)5-18-15(17)19-13/h5,8,11,14H,6-7H2,1-4H3,(H2,17,18,19)/t8-,11+,14-/m1/s1. The lowest BCUT2D eigenvalue weighted by atomic mass is 10.3. The van der Waals surface area contributed by atoms with E-state index in [-0.39, 0.29) is 24.8 Å². The van der Waals surface area contributed by atoms with Crippen LogP contribution in [0.2, 0.25) is 0 Å². The summed E-state index contributed by atoms with van der Waals surface area (Å²) in [5, 5.41) is 0. The van der Waals surface area contributed by atoms with Crippen LogP contribution in [0.5, 0.6) is 0 Å². The number of methoxy groups -OCH3 is 1. The molecule has 0 fully saturated rings. The summed E-state index contributed by atoms with van der Waals surface area (Å²) in [6, 6.07) is 0. The van der Waals surface area contributed by atoms with E-state index >= 15 is 0 Å². The normalized spacial score (nSPS) is 14.4. The Morgan fingerprint density at radius 1 is 1.29 bits per heavy atom. The van der Waals surface area contributed by atoms with Gasteiger partial charge in [0, 0.05) is 21.0 Å². The molecular formula is C16H22N4O7S. The van der Waals surface area contributed by atoms with Crippen LogP contribution >= 0.6 is 11.3 Å². The highest BCUT2D eigenvalue weighted by Gasteiger charge is 2.30.